The van der Waals surface area contributed by atoms with Crippen molar-refractivity contribution in [1.29, 1.82) is 0 Å². The molecule has 0 aliphatic heterocycles. The molecule has 15 heavy (non-hydrogen) atoms. The van der Waals surface area contributed by atoms with Crippen LogP contribution in [0.3, 0.4) is 0 Å². The fourth-order valence-corrected chi connectivity index (χ4v) is 2.05. The average Bonchev–Trinajstić information content (AvgIpc) is 2.31. The third-order valence-electron chi connectivity index (χ3n) is 1.93. The molecule has 2 heteroatoms. The van der Waals surface area contributed by atoms with Crippen molar-refractivity contribution in [2.24, 2.45) is 0 Å². The summed E-state index contributed by atoms with van der Waals surface area (Å²) in [7, 11) is 1.72. The molecule has 0 bridgehead atoms. The summed E-state index contributed by atoms with van der Waals surface area (Å²) < 4.78 is 6.39. The first-order chi connectivity index (χ1) is 7.36. The Bertz CT molecular complexity index is 328. The Kier molecular flexibility index (Phi) is 6.10. The van der Waals surface area contributed by atoms with Crippen LogP contribution in [-0.4, -0.2) is 28.7 Å². The van der Waals surface area contributed by atoms with Gasteiger partial charge in [0, 0.05) is 0 Å². The van der Waals surface area contributed by atoms with Crippen LogP contribution in [0.1, 0.15) is 5.56 Å². The SMILES string of the molecule is COC/C=C(/C=C/c1ccccc1)[Se]C. The number of hydrogen-bond acceptors (Lipinski definition) is 1. The maximum atomic E-state index is 5.03. The second-order valence-electron chi connectivity index (χ2n) is 3.01. The molecule has 0 amide bonds. The Morgan fingerprint density at radius 3 is 2.67 bits per heavy atom. The summed E-state index contributed by atoms with van der Waals surface area (Å²) in [6.45, 7) is 0.698. The number of hydrogen-bond donors (Lipinski definition) is 0. The van der Waals surface area contributed by atoms with E-state index < -0.39 is 0 Å². The standard InChI is InChI=1S/C13H16OSe/c1-14-11-10-13(15-2)9-8-12-6-4-3-5-7-12/h3-10H,11H2,1-2H3/b9-8+,13-10-. The van der Waals surface area contributed by atoms with E-state index in [1.165, 1.54) is 10.0 Å². The van der Waals surface area contributed by atoms with Gasteiger partial charge in [-0.05, 0) is 0 Å². The molecule has 0 aliphatic carbocycles. The predicted octanol–water partition coefficient (Wildman–Crippen LogP) is 2.98. The van der Waals surface area contributed by atoms with Crippen molar-refractivity contribution in [3.05, 3.63) is 52.5 Å². The first kappa shape index (κ1) is 12.3. The summed E-state index contributed by atoms with van der Waals surface area (Å²) in [6, 6.07) is 10.3. The fraction of sp³-hybridized carbons (Fsp3) is 0.231. The Morgan fingerprint density at radius 1 is 1.33 bits per heavy atom. The van der Waals surface area contributed by atoms with Gasteiger partial charge >= 0.3 is 97.8 Å². The predicted molar refractivity (Wildman–Crippen MR) is 67.1 cm³/mol. The van der Waals surface area contributed by atoms with Gasteiger partial charge in [0.05, 0.1) is 0 Å². The first-order valence-corrected chi connectivity index (χ1v) is 7.40. The van der Waals surface area contributed by atoms with Gasteiger partial charge in [0.1, 0.15) is 0 Å². The number of benzene rings is 1. The summed E-state index contributed by atoms with van der Waals surface area (Å²) in [5.41, 5.74) is 1.24. The fourth-order valence-electron chi connectivity index (χ4n) is 1.13. The molecule has 0 radical (unpaired) electrons. The minimum absolute atomic E-state index is 0.518. The number of allylic oxidation sites excluding steroid dienone is 2. The summed E-state index contributed by atoms with van der Waals surface area (Å²) in [4.78, 5) is 0. The van der Waals surface area contributed by atoms with Crippen LogP contribution in [0.5, 0.6) is 0 Å². The Hall–Kier alpha value is -0.821. The summed E-state index contributed by atoms with van der Waals surface area (Å²) in [5.74, 6) is 2.21. The van der Waals surface area contributed by atoms with Crippen LogP contribution in [0, 0.1) is 0 Å². The van der Waals surface area contributed by atoms with Crippen LogP contribution in [0.4, 0.5) is 0 Å². The van der Waals surface area contributed by atoms with E-state index in [0.29, 0.717) is 21.6 Å². The van der Waals surface area contributed by atoms with Crippen molar-refractivity contribution >= 4 is 21.0 Å². The Labute approximate surface area is 98.0 Å². The quantitative estimate of drug-likeness (QED) is 0.588. The van der Waals surface area contributed by atoms with Crippen LogP contribution in [0.2, 0.25) is 5.82 Å². The van der Waals surface area contributed by atoms with Crippen molar-refractivity contribution < 1.29 is 4.74 Å². The van der Waals surface area contributed by atoms with E-state index in [0.717, 1.165) is 0 Å². The van der Waals surface area contributed by atoms with E-state index in [-0.39, 0.29) is 0 Å². The molecule has 0 fully saturated rings. The normalized spacial score (nSPS) is 12.3. The molecule has 0 saturated carbocycles. The number of rotatable bonds is 5. The topological polar surface area (TPSA) is 9.23 Å². The van der Waals surface area contributed by atoms with Gasteiger partial charge in [0.2, 0.25) is 0 Å². The van der Waals surface area contributed by atoms with Gasteiger partial charge in [-0.1, -0.05) is 0 Å². The zero-order chi connectivity index (χ0) is 10.9. The van der Waals surface area contributed by atoms with Crippen molar-refractivity contribution in [2.75, 3.05) is 13.7 Å². The number of methoxy groups -OCH3 is 1. The molecule has 0 N–H and O–H groups in total. The molecule has 0 aliphatic rings. The molecule has 0 atom stereocenters. The van der Waals surface area contributed by atoms with Crippen LogP contribution < -0.4 is 0 Å². The molecule has 0 spiro atoms. The average molecular weight is 267 g/mol. The third-order valence-corrected chi connectivity index (χ3v) is 3.55. The van der Waals surface area contributed by atoms with Crippen molar-refractivity contribution in [3.8, 4) is 0 Å². The van der Waals surface area contributed by atoms with Crippen LogP contribution in [-0.2, 0) is 4.74 Å². The monoisotopic (exact) mass is 268 g/mol. The van der Waals surface area contributed by atoms with Gasteiger partial charge in [-0.3, -0.25) is 0 Å². The molecular weight excluding hydrogens is 251 g/mol. The van der Waals surface area contributed by atoms with Crippen molar-refractivity contribution in [3.63, 3.8) is 0 Å². The van der Waals surface area contributed by atoms with E-state index in [4.69, 9.17) is 4.74 Å². The molecule has 0 aromatic heterocycles. The molecule has 0 unspecified atom stereocenters. The molecule has 1 aromatic carbocycles. The van der Waals surface area contributed by atoms with E-state index >= 15 is 0 Å². The maximum absolute atomic E-state index is 5.03. The zero-order valence-corrected chi connectivity index (χ0v) is 10.9. The second-order valence-corrected chi connectivity index (χ2v) is 4.86. The van der Waals surface area contributed by atoms with Gasteiger partial charge in [-0.2, -0.15) is 0 Å². The summed E-state index contributed by atoms with van der Waals surface area (Å²) in [5, 5.41) is 0. The summed E-state index contributed by atoms with van der Waals surface area (Å²) >= 11 is 0.518. The van der Waals surface area contributed by atoms with Crippen LogP contribution in [0.15, 0.2) is 47.0 Å². The van der Waals surface area contributed by atoms with E-state index in [2.05, 4.69) is 48.3 Å². The molecule has 1 rings (SSSR count). The van der Waals surface area contributed by atoms with Crippen LogP contribution >= 0.6 is 0 Å². The van der Waals surface area contributed by atoms with Gasteiger partial charge in [0.15, 0.2) is 0 Å². The summed E-state index contributed by atoms with van der Waals surface area (Å²) in [6.07, 6.45) is 6.46. The Balaban J connectivity index is 2.63. The van der Waals surface area contributed by atoms with E-state index in [1.807, 2.05) is 6.07 Å². The van der Waals surface area contributed by atoms with Crippen LogP contribution in [0.25, 0.3) is 6.08 Å². The van der Waals surface area contributed by atoms with E-state index in [9.17, 15) is 0 Å². The number of ether oxygens (including phenoxy) is 1. The van der Waals surface area contributed by atoms with Crippen molar-refractivity contribution in [2.45, 2.75) is 5.82 Å². The van der Waals surface area contributed by atoms with Crippen molar-refractivity contribution in [1.82, 2.24) is 0 Å². The molecule has 0 heterocycles. The molecule has 1 nitrogen and oxygen atoms in total. The molecule has 1 aromatic rings. The first-order valence-electron chi connectivity index (χ1n) is 4.83. The Morgan fingerprint density at radius 2 is 2.07 bits per heavy atom. The van der Waals surface area contributed by atoms with Gasteiger partial charge in [-0.25, -0.2) is 0 Å². The van der Waals surface area contributed by atoms with Gasteiger partial charge < -0.3 is 0 Å². The molecule has 80 valence electrons. The third kappa shape index (κ3) is 4.98. The second kappa shape index (κ2) is 7.47. The zero-order valence-electron chi connectivity index (χ0n) is 9.14. The molecular formula is C13H16OSe. The minimum atomic E-state index is 0.518. The van der Waals surface area contributed by atoms with E-state index in [1.54, 1.807) is 7.11 Å². The van der Waals surface area contributed by atoms with Gasteiger partial charge in [-0.15, -0.1) is 0 Å². The van der Waals surface area contributed by atoms with Gasteiger partial charge in [0.25, 0.3) is 0 Å². The molecule has 0 saturated heterocycles.